The van der Waals surface area contributed by atoms with Gasteiger partial charge in [0.15, 0.2) is 0 Å². The molecule has 1 unspecified atom stereocenters. The van der Waals surface area contributed by atoms with E-state index in [1.165, 1.54) is 16.1 Å². The Morgan fingerprint density at radius 3 is 2.71 bits per heavy atom. The zero-order valence-corrected chi connectivity index (χ0v) is 13.3. The van der Waals surface area contributed by atoms with Crippen molar-refractivity contribution in [1.82, 2.24) is 14.1 Å². The number of hydrogen-bond acceptors (Lipinski definition) is 3. The third-order valence-corrected chi connectivity index (χ3v) is 6.36. The number of hydrogen-bond donors (Lipinski definition) is 0. The molecule has 0 spiro atoms. The SMILES string of the molecule is Cc1c(S(=O)(=O)N(C)C2CCc3ccccc32)cnn1C. The summed E-state index contributed by atoms with van der Waals surface area (Å²) in [7, 11) is -0.114. The highest BCUT2D eigenvalue weighted by atomic mass is 32.2. The topological polar surface area (TPSA) is 55.2 Å². The zero-order valence-electron chi connectivity index (χ0n) is 12.4. The largest absolute Gasteiger partial charge is 0.272 e. The Kier molecular flexibility index (Phi) is 3.37. The molecule has 112 valence electrons. The monoisotopic (exact) mass is 305 g/mol. The smallest absolute Gasteiger partial charge is 0.246 e. The second kappa shape index (κ2) is 4.96. The summed E-state index contributed by atoms with van der Waals surface area (Å²) in [4.78, 5) is 0.289. The van der Waals surface area contributed by atoms with Gasteiger partial charge in [-0.25, -0.2) is 8.42 Å². The minimum absolute atomic E-state index is 0.0918. The van der Waals surface area contributed by atoms with Gasteiger partial charge < -0.3 is 0 Å². The van der Waals surface area contributed by atoms with Crippen LogP contribution in [0.5, 0.6) is 0 Å². The van der Waals surface area contributed by atoms with Crippen LogP contribution in [0.2, 0.25) is 0 Å². The molecule has 21 heavy (non-hydrogen) atoms. The Balaban J connectivity index is 1.99. The van der Waals surface area contributed by atoms with E-state index in [9.17, 15) is 8.42 Å². The fraction of sp³-hybridized carbons (Fsp3) is 0.400. The maximum atomic E-state index is 12.8. The molecule has 0 radical (unpaired) electrons. The fourth-order valence-electron chi connectivity index (χ4n) is 2.97. The molecule has 6 heteroatoms. The first kappa shape index (κ1) is 14.3. The van der Waals surface area contributed by atoms with E-state index in [0.29, 0.717) is 5.69 Å². The quantitative estimate of drug-likeness (QED) is 0.872. The van der Waals surface area contributed by atoms with Crippen molar-refractivity contribution in [1.29, 1.82) is 0 Å². The molecule has 1 heterocycles. The Morgan fingerprint density at radius 1 is 1.33 bits per heavy atom. The Labute approximate surface area is 125 Å². The molecule has 0 saturated carbocycles. The van der Waals surface area contributed by atoms with Crippen LogP contribution < -0.4 is 0 Å². The Hall–Kier alpha value is -1.66. The highest BCUT2D eigenvalue weighted by molar-refractivity contribution is 7.89. The molecule has 0 N–H and O–H groups in total. The number of benzene rings is 1. The first-order chi connectivity index (χ1) is 9.93. The van der Waals surface area contributed by atoms with E-state index < -0.39 is 10.0 Å². The standard InChI is InChI=1S/C15H19N3O2S/c1-11-15(10-16-17(11)2)21(19,20)18(3)14-9-8-12-6-4-5-7-13(12)14/h4-7,10,14H,8-9H2,1-3H3. The van der Waals surface area contributed by atoms with E-state index in [2.05, 4.69) is 11.2 Å². The maximum absolute atomic E-state index is 12.8. The molecule has 0 amide bonds. The van der Waals surface area contributed by atoms with Crippen molar-refractivity contribution in [3.05, 3.63) is 47.3 Å². The third kappa shape index (κ3) is 2.18. The van der Waals surface area contributed by atoms with E-state index in [-0.39, 0.29) is 10.9 Å². The summed E-state index contributed by atoms with van der Waals surface area (Å²) in [6.07, 6.45) is 3.18. The van der Waals surface area contributed by atoms with Gasteiger partial charge in [-0.15, -0.1) is 0 Å². The molecule has 0 bridgehead atoms. The van der Waals surface area contributed by atoms with Crippen molar-refractivity contribution in [2.45, 2.75) is 30.7 Å². The lowest BCUT2D eigenvalue weighted by atomic mass is 10.1. The van der Waals surface area contributed by atoms with E-state index in [4.69, 9.17) is 0 Å². The number of sulfonamides is 1. The van der Waals surface area contributed by atoms with Crippen LogP contribution in [0.25, 0.3) is 0 Å². The van der Waals surface area contributed by atoms with Gasteiger partial charge in [-0.2, -0.15) is 9.40 Å². The number of fused-ring (bicyclic) bond motifs is 1. The molecule has 1 aliphatic carbocycles. The minimum Gasteiger partial charge on any atom is -0.272 e. The van der Waals surface area contributed by atoms with Crippen LogP contribution in [0.4, 0.5) is 0 Å². The molecule has 5 nitrogen and oxygen atoms in total. The molecule has 2 aromatic rings. The first-order valence-electron chi connectivity index (χ1n) is 6.97. The van der Waals surface area contributed by atoms with Gasteiger partial charge >= 0.3 is 0 Å². The summed E-state index contributed by atoms with van der Waals surface area (Å²) >= 11 is 0. The second-order valence-corrected chi connectivity index (χ2v) is 7.46. The second-order valence-electron chi connectivity index (χ2n) is 5.49. The molecule has 1 aliphatic rings. The van der Waals surface area contributed by atoms with Gasteiger partial charge in [-0.3, -0.25) is 4.68 Å². The summed E-state index contributed by atoms with van der Waals surface area (Å²) in [6.45, 7) is 1.77. The van der Waals surface area contributed by atoms with Crippen LogP contribution in [0.15, 0.2) is 35.4 Å². The lowest BCUT2D eigenvalue weighted by Gasteiger charge is -2.24. The third-order valence-electron chi connectivity index (χ3n) is 4.39. The lowest BCUT2D eigenvalue weighted by molar-refractivity contribution is 0.374. The van der Waals surface area contributed by atoms with E-state index >= 15 is 0 Å². The van der Waals surface area contributed by atoms with Crippen LogP contribution in [-0.2, 0) is 23.5 Å². The van der Waals surface area contributed by atoms with E-state index in [1.54, 1.807) is 25.7 Å². The number of aryl methyl sites for hydroxylation is 2. The van der Waals surface area contributed by atoms with Crippen molar-refractivity contribution >= 4 is 10.0 Å². The normalized spacial score (nSPS) is 18.2. The van der Waals surface area contributed by atoms with Crippen LogP contribution in [0.1, 0.15) is 29.3 Å². The van der Waals surface area contributed by atoms with Gasteiger partial charge in [0.05, 0.1) is 17.9 Å². The summed E-state index contributed by atoms with van der Waals surface area (Å²) in [5, 5.41) is 4.05. The Bertz CT molecular complexity index is 780. The lowest BCUT2D eigenvalue weighted by Crippen LogP contribution is -2.30. The molecule has 3 rings (SSSR count). The van der Waals surface area contributed by atoms with Gasteiger partial charge in [0.1, 0.15) is 4.90 Å². The van der Waals surface area contributed by atoms with Gasteiger partial charge in [0.25, 0.3) is 0 Å². The van der Waals surface area contributed by atoms with E-state index in [1.807, 2.05) is 18.2 Å². The molecule has 0 fully saturated rings. The van der Waals surface area contributed by atoms with Gasteiger partial charge in [-0.1, -0.05) is 24.3 Å². The molecule has 0 saturated heterocycles. The van der Waals surface area contributed by atoms with Crippen LogP contribution in [0.3, 0.4) is 0 Å². The van der Waals surface area contributed by atoms with Crippen molar-refractivity contribution < 1.29 is 8.42 Å². The van der Waals surface area contributed by atoms with Crippen molar-refractivity contribution in [3.63, 3.8) is 0 Å². The fourth-order valence-corrected chi connectivity index (χ4v) is 4.52. The average Bonchev–Trinajstić information content (AvgIpc) is 3.03. The molecule has 1 aromatic heterocycles. The van der Waals surface area contributed by atoms with Gasteiger partial charge in [-0.05, 0) is 30.9 Å². The molecule has 0 aliphatic heterocycles. The summed E-state index contributed by atoms with van der Waals surface area (Å²) < 4.78 is 28.7. The number of aromatic nitrogens is 2. The molecular formula is C15H19N3O2S. The van der Waals surface area contributed by atoms with Crippen molar-refractivity contribution in [2.75, 3.05) is 7.05 Å². The van der Waals surface area contributed by atoms with E-state index in [0.717, 1.165) is 18.4 Å². The maximum Gasteiger partial charge on any atom is 0.246 e. The highest BCUT2D eigenvalue weighted by Gasteiger charge is 2.34. The van der Waals surface area contributed by atoms with Crippen LogP contribution in [0, 0.1) is 6.92 Å². The summed E-state index contributed by atoms with van der Waals surface area (Å²) in [6, 6.07) is 7.97. The zero-order chi connectivity index (χ0) is 15.2. The van der Waals surface area contributed by atoms with Gasteiger partial charge in [0, 0.05) is 14.1 Å². The number of rotatable bonds is 3. The van der Waals surface area contributed by atoms with Crippen LogP contribution in [-0.4, -0.2) is 29.6 Å². The van der Waals surface area contributed by atoms with Crippen molar-refractivity contribution in [3.8, 4) is 0 Å². The highest BCUT2D eigenvalue weighted by Crippen LogP contribution is 2.37. The average molecular weight is 305 g/mol. The predicted octanol–water partition coefficient (Wildman–Crippen LogP) is 2.04. The number of nitrogens with zero attached hydrogens (tertiary/aromatic N) is 3. The molecule has 1 atom stereocenters. The Morgan fingerprint density at radius 2 is 2.05 bits per heavy atom. The van der Waals surface area contributed by atoms with Crippen LogP contribution >= 0.6 is 0 Å². The molecule has 1 aromatic carbocycles. The first-order valence-corrected chi connectivity index (χ1v) is 8.41. The van der Waals surface area contributed by atoms with Gasteiger partial charge in [0.2, 0.25) is 10.0 Å². The van der Waals surface area contributed by atoms with Crippen molar-refractivity contribution in [2.24, 2.45) is 7.05 Å². The summed E-state index contributed by atoms with van der Waals surface area (Å²) in [5.41, 5.74) is 3.02. The predicted molar refractivity (Wildman–Crippen MR) is 80.4 cm³/mol. The summed E-state index contributed by atoms with van der Waals surface area (Å²) in [5.74, 6) is 0. The molecular weight excluding hydrogens is 286 g/mol. The minimum atomic E-state index is -3.52.